The summed E-state index contributed by atoms with van der Waals surface area (Å²) < 4.78 is 29.1. The number of rotatable bonds is 5. The third kappa shape index (κ3) is 3.84. The molecule has 134 valence electrons. The van der Waals surface area contributed by atoms with Gasteiger partial charge in [0.1, 0.15) is 10.7 Å². The number of nitrogens with two attached hydrogens (primary N) is 1. The molecular weight excluding hydrogens is 338 g/mol. The van der Waals surface area contributed by atoms with E-state index in [1.807, 2.05) is 12.1 Å². The first-order chi connectivity index (χ1) is 11.9. The number of pyridine rings is 1. The predicted molar refractivity (Wildman–Crippen MR) is 97.0 cm³/mol. The molecule has 0 amide bonds. The Morgan fingerprint density at radius 1 is 1.20 bits per heavy atom. The van der Waals surface area contributed by atoms with Crippen molar-refractivity contribution < 1.29 is 13.2 Å². The minimum absolute atomic E-state index is 0.0157. The topological polar surface area (TPSA) is 94.3 Å². The van der Waals surface area contributed by atoms with Crippen LogP contribution in [0.4, 0.5) is 5.82 Å². The van der Waals surface area contributed by atoms with E-state index in [-0.39, 0.29) is 10.3 Å². The molecule has 1 saturated heterocycles. The van der Waals surface area contributed by atoms with Crippen molar-refractivity contribution in [2.24, 2.45) is 5.14 Å². The summed E-state index contributed by atoms with van der Waals surface area (Å²) in [7, 11) is -3.83. The molecule has 2 aromatic rings. The summed E-state index contributed by atoms with van der Waals surface area (Å²) in [6, 6.07) is 11.3. The van der Waals surface area contributed by atoms with Crippen LogP contribution in [0.25, 0.3) is 0 Å². The van der Waals surface area contributed by atoms with E-state index in [4.69, 9.17) is 9.88 Å². The lowest BCUT2D eigenvalue weighted by Crippen LogP contribution is -2.41. The van der Waals surface area contributed by atoms with E-state index in [0.29, 0.717) is 25.6 Å². The number of hydrogen-bond acceptors (Lipinski definition) is 5. The lowest BCUT2D eigenvalue weighted by molar-refractivity contribution is 0.0541. The molecular formula is C18H23N3O3S. The largest absolute Gasteiger partial charge is 0.381 e. The Kier molecular flexibility index (Phi) is 5.08. The molecule has 3 rings (SSSR count). The van der Waals surface area contributed by atoms with Crippen molar-refractivity contribution in [3.05, 3.63) is 53.7 Å². The van der Waals surface area contributed by atoms with Crippen LogP contribution < -0.4 is 10.5 Å². The van der Waals surface area contributed by atoms with E-state index < -0.39 is 10.0 Å². The van der Waals surface area contributed by atoms with E-state index >= 15 is 0 Å². The van der Waals surface area contributed by atoms with Crippen LogP contribution in [0.3, 0.4) is 0 Å². The molecule has 7 heteroatoms. The summed E-state index contributed by atoms with van der Waals surface area (Å²) in [6.07, 6.45) is 3.28. The minimum atomic E-state index is -3.83. The molecule has 25 heavy (non-hydrogen) atoms. The van der Waals surface area contributed by atoms with Gasteiger partial charge in [0.05, 0.1) is 0 Å². The van der Waals surface area contributed by atoms with Crippen molar-refractivity contribution in [1.29, 1.82) is 0 Å². The van der Waals surface area contributed by atoms with Crippen molar-refractivity contribution in [1.82, 2.24) is 4.98 Å². The van der Waals surface area contributed by atoms with Crippen LogP contribution in [0.15, 0.2) is 47.5 Å². The number of sulfonamides is 1. The van der Waals surface area contributed by atoms with Crippen LogP contribution >= 0.6 is 0 Å². The summed E-state index contributed by atoms with van der Waals surface area (Å²) >= 11 is 0. The number of hydrogen-bond donors (Lipinski definition) is 2. The molecule has 1 aromatic carbocycles. The molecule has 0 saturated carbocycles. The van der Waals surface area contributed by atoms with Gasteiger partial charge in [0.2, 0.25) is 10.0 Å². The quantitative estimate of drug-likeness (QED) is 0.851. The van der Waals surface area contributed by atoms with E-state index in [1.165, 1.54) is 17.2 Å². The van der Waals surface area contributed by atoms with Gasteiger partial charge < -0.3 is 10.1 Å². The number of nitrogens with zero attached hydrogens (tertiary/aromatic N) is 1. The van der Waals surface area contributed by atoms with Gasteiger partial charge in [-0.1, -0.05) is 24.3 Å². The molecule has 3 N–H and O–H groups in total. The third-order valence-corrected chi connectivity index (χ3v) is 5.78. The Hall–Kier alpha value is -1.96. The maximum atomic E-state index is 11.8. The van der Waals surface area contributed by atoms with Gasteiger partial charge in [-0.3, -0.25) is 0 Å². The van der Waals surface area contributed by atoms with Gasteiger partial charge in [0.15, 0.2) is 0 Å². The lowest BCUT2D eigenvalue weighted by atomic mass is 9.72. The second kappa shape index (κ2) is 7.11. The molecule has 6 nitrogen and oxygen atoms in total. The van der Waals surface area contributed by atoms with Crippen LogP contribution in [-0.4, -0.2) is 33.2 Å². The molecule has 1 aromatic heterocycles. The van der Waals surface area contributed by atoms with E-state index in [1.54, 1.807) is 12.3 Å². The fourth-order valence-corrected chi connectivity index (χ4v) is 4.14. The van der Waals surface area contributed by atoms with Gasteiger partial charge in [-0.05, 0) is 43.0 Å². The molecule has 2 heterocycles. The molecule has 0 aliphatic carbocycles. The van der Waals surface area contributed by atoms with Crippen molar-refractivity contribution in [3.63, 3.8) is 0 Å². The first-order valence-corrected chi connectivity index (χ1v) is 9.83. The van der Waals surface area contributed by atoms with Gasteiger partial charge in [0, 0.05) is 31.4 Å². The van der Waals surface area contributed by atoms with Crippen molar-refractivity contribution >= 4 is 15.8 Å². The number of primary sulfonamides is 1. The van der Waals surface area contributed by atoms with Crippen molar-refractivity contribution in [2.45, 2.75) is 30.1 Å². The van der Waals surface area contributed by atoms with E-state index in [2.05, 4.69) is 29.4 Å². The SMILES string of the molecule is Cc1ccccc1C1(CNc2ncccc2S(N)(=O)=O)CCOCC1. The molecule has 0 unspecified atom stereocenters. The van der Waals surface area contributed by atoms with Gasteiger partial charge >= 0.3 is 0 Å². The first kappa shape index (κ1) is 17.8. The molecule has 0 bridgehead atoms. The molecule has 1 aliphatic rings. The normalized spacial score (nSPS) is 17.2. The second-order valence-electron chi connectivity index (χ2n) is 6.46. The fraction of sp³-hybridized carbons (Fsp3) is 0.389. The Balaban J connectivity index is 1.93. The monoisotopic (exact) mass is 361 g/mol. The van der Waals surface area contributed by atoms with Gasteiger partial charge in [-0.25, -0.2) is 18.5 Å². The maximum Gasteiger partial charge on any atom is 0.241 e. The highest BCUT2D eigenvalue weighted by Gasteiger charge is 2.35. The van der Waals surface area contributed by atoms with Gasteiger partial charge in [0.25, 0.3) is 0 Å². The van der Waals surface area contributed by atoms with E-state index in [0.717, 1.165) is 12.8 Å². The Morgan fingerprint density at radius 2 is 1.92 bits per heavy atom. The predicted octanol–water partition coefficient (Wildman–Crippen LogP) is 2.20. The van der Waals surface area contributed by atoms with Crippen molar-refractivity contribution in [2.75, 3.05) is 25.1 Å². The zero-order valence-corrected chi connectivity index (χ0v) is 15.1. The zero-order valence-electron chi connectivity index (χ0n) is 14.2. The highest BCUT2D eigenvalue weighted by Crippen LogP contribution is 2.37. The summed E-state index contributed by atoms with van der Waals surface area (Å²) in [5.41, 5.74) is 2.36. The summed E-state index contributed by atoms with van der Waals surface area (Å²) in [5, 5.41) is 8.54. The second-order valence-corrected chi connectivity index (χ2v) is 7.99. The first-order valence-electron chi connectivity index (χ1n) is 8.28. The highest BCUT2D eigenvalue weighted by molar-refractivity contribution is 7.89. The standard InChI is InChI=1S/C18H23N3O3S/c1-14-5-2-3-6-15(14)18(8-11-24-12-9-18)13-21-17-16(25(19,22)23)7-4-10-20-17/h2-7,10H,8-9,11-13H2,1H3,(H,20,21)(H2,19,22,23). The van der Waals surface area contributed by atoms with Crippen LogP contribution in [-0.2, 0) is 20.2 Å². The van der Waals surface area contributed by atoms with E-state index in [9.17, 15) is 8.42 Å². The Bertz CT molecular complexity index is 846. The number of aromatic nitrogens is 1. The number of anilines is 1. The number of nitrogens with one attached hydrogen (secondary N) is 1. The Labute approximate surface area is 148 Å². The molecule has 0 atom stereocenters. The molecule has 0 radical (unpaired) electrons. The van der Waals surface area contributed by atoms with Gasteiger partial charge in [-0.15, -0.1) is 0 Å². The third-order valence-electron chi connectivity index (χ3n) is 4.84. The average Bonchev–Trinajstić information content (AvgIpc) is 2.61. The zero-order chi connectivity index (χ0) is 17.9. The highest BCUT2D eigenvalue weighted by atomic mass is 32.2. The fourth-order valence-electron chi connectivity index (χ4n) is 3.48. The number of aryl methyl sites for hydroxylation is 1. The molecule has 1 aliphatic heterocycles. The maximum absolute atomic E-state index is 11.8. The summed E-state index contributed by atoms with van der Waals surface area (Å²) in [5.74, 6) is 0.296. The van der Waals surface area contributed by atoms with Crippen LogP contribution in [0.2, 0.25) is 0 Å². The minimum Gasteiger partial charge on any atom is -0.381 e. The molecule has 1 fully saturated rings. The smallest absolute Gasteiger partial charge is 0.241 e. The average molecular weight is 361 g/mol. The van der Waals surface area contributed by atoms with Gasteiger partial charge in [-0.2, -0.15) is 0 Å². The van der Waals surface area contributed by atoms with Crippen LogP contribution in [0, 0.1) is 6.92 Å². The lowest BCUT2D eigenvalue weighted by Gasteiger charge is -2.39. The van der Waals surface area contributed by atoms with Crippen molar-refractivity contribution in [3.8, 4) is 0 Å². The number of benzene rings is 1. The van der Waals surface area contributed by atoms with Crippen LogP contribution in [0.5, 0.6) is 0 Å². The summed E-state index contributed by atoms with van der Waals surface area (Å²) in [6.45, 7) is 4.03. The Morgan fingerprint density at radius 3 is 2.60 bits per heavy atom. The summed E-state index contributed by atoms with van der Waals surface area (Å²) in [4.78, 5) is 4.19. The van der Waals surface area contributed by atoms with Crippen LogP contribution in [0.1, 0.15) is 24.0 Å². The molecule has 0 spiro atoms. The number of ether oxygens (including phenoxy) is 1.